The summed E-state index contributed by atoms with van der Waals surface area (Å²) in [6, 6.07) is 9.09. The molecule has 1 spiro atoms. The van der Waals surface area contributed by atoms with E-state index >= 15 is 0 Å². The Morgan fingerprint density at radius 3 is 2.21 bits per heavy atom. The molecule has 230 valence electrons. The zero-order chi connectivity index (χ0) is 29.9. The van der Waals surface area contributed by atoms with Gasteiger partial charge in [0, 0.05) is 31.7 Å². The summed E-state index contributed by atoms with van der Waals surface area (Å²) in [6.07, 6.45) is 9.02. The van der Waals surface area contributed by atoms with Crippen molar-refractivity contribution in [1.82, 2.24) is 9.80 Å². The molecular weight excluding hydrogens is 528 g/mol. The summed E-state index contributed by atoms with van der Waals surface area (Å²) < 4.78 is 23.3. The number of allylic oxidation sites excluding steroid dienone is 1. The fraction of sp³-hybridized carbons (Fsp3) is 0.600. The van der Waals surface area contributed by atoms with Crippen molar-refractivity contribution in [1.29, 1.82) is 0 Å². The van der Waals surface area contributed by atoms with Crippen LogP contribution in [0.25, 0.3) is 0 Å². The molecule has 1 unspecified atom stereocenters. The number of hydrogen-bond donors (Lipinski definition) is 1. The second kappa shape index (κ2) is 13.3. The number of fused-ring (bicyclic) bond motifs is 3. The molecule has 0 amide bonds. The van der Waals surface area contributed by atoms with Crippen molar-refractivity contribution in [2.75, 3.05) is 61.2 Å². The summed E-state index contributed by atoms with van der Waals surface area (Å²) >= 11 is 0. The number of nitrogens with zero attached hydrogens (tertiary/aromatic N) is 2. The van der Waals surface area contributed by atoms with E-state index in [0.29, 0.717) is 0 Å². The Balaban J connectivity index is 1.75. The van der Waals surface area contributed by atoms with Crippen LogP contribution in [-0.2, 0) is 18.4 Å². The normalized spacial score (nSPS) is 25.9. The fourth-order valence-corrected chi connectivity index (χ4v) is 8.31. The number of methoxy groups -OCH3 is 4. The minimum absolute atomic E-state index is 0.175. The Morgan fingerprint density at radius 1 is 0.929 bits per heavy atom. The van der Waals surface area contributed by atoms with Crippen molar-refractivity contribution < 1.29 is 24.1 Å². The molecular formula is C35H50N2O5. The third-order valence-electron chi connectivity index (χ3n) is 10.3. The summed E-state index contributed by atoms with van der Waals surface area (Å²) in [7, 11) is 6.89. The second-order valence-corrected chi connectivity index (χ2v) is 12.1. The lowest BCUT2D eigenvalue weighted by Crippen LogP contribution is -2.61. The summed E-state index contributed by atoms with van der Waals surface area (Å²) in [5, 5.41) is 10.5. The maximum atomic E-state index is 10.5. The molecule has 2 heterocycles. The Kier molecular flexibility index (Phi) is 9.70. The van der Waals surface area contributed by atoms with E-state index in [1.54, 1.807) is 28.4 Å². The van der Waals surface area contributed by atoms with Gasteiger partial charge in [0.05, 0.1) is 34.0 Å². The molecule has 1 N–H and O–H groups in total. The van der Waals surface area contributed by atoms with Crippen molar-refractivity contribution in [3.63, 3.8) is 0 Å². The number of aliphatic hydroxyl groups excluding tert-OH is 1. The molecule has 2 aromatic carbocycles. The van der Waals surface area contributed by atoms with Crippen LogP contribution in [0, 0.1) is 11.8 Å². The van der Waals surface area contributed by atoms with E-state index in [1.165, 1.54) is 22.3 Å². The van der Waals surface area contributed by atoms with Crippen LogP contribution in [0.1, 0.15) is 67.3 Å². The molecule has 1 fully saturated rings. The molecule has 0 saturated heterocycles. The molecule has 3 aliphatic rings. The first kappa shape index (κ1) is 30.7. The number of benzene rings is 2. The zero-order valence-corrected chi connectivity index (χ0v) is 26.3. The van der Waals surface area contributed by atoms with Gasteiger partial charge in [-0.25, -0.2) is 0 Å². The van der Waals surface area contributed by atoms with Crippen molar-refractivity contribution in [3.05, 3.63) is 59.2 Å². The summed E-state index contributed by atoms with van der Waals surface area (Å²) in [4.78, 5) is 5.45. The predicted octanol–water partition coefficient (Wildman–Crippen LogP) is 5.77. The molecule has 4 atom stereocenters. The topological polar surface area (TPSA) is 63.6 Å². The number of hydrogen-bond acceptors (Lipinski definition) is 7. The van der Waals surface area contributed by atoms with Gasteiger partial charge in [0.25, 0.3) is 0 Å². The minimum atomic E-state index is -0.208. The maximum Gasteiger partial charge on any atom is 0.161 e. The van der Waals surface area contributed by atoms with E-state index in [9.17, 15) is 5.11 Å². The fourth-order valence-electron chi connectivity index (χ4n) is 8.31. The molecule has 1 aliphatic carbocycles. The van der Waals surface area contributed by atoms with E-state index in [2.05, 4.69) is 47.6 Å². The summed E-state index contributed by atoms with van der Waals surface area (Å²) in [5.74, 6) is 3.67. The first-order chi connectivity index (χ1) is 20.5. The van der Waals surface area contributed by atoms with Crippen LogP contribution in [-0.4, -0.2) is 76.1 Å². The van der Waals surface area contributed by atoms with Crippen LogP contribution in [0.15, 0.2) is 36.9 Å². The highest BCUT2D eigenvalue weighted by Gasteiger charge is 2.55. The SMILES string of the molecule is C=CCCCN1CCc2cc(OC)c(OC)cc2[C@]12CC[C@@H](CO)C[C@@H]2C1c2cc(OC)c(OC)cc2CCN1CC. The molecule has 2 aromatic rings. The number of aliphatic hydroxyl groups is 1. The van der Waals surface area contributed by atoms with Gasteiger partial charge < -0.3 is 24.1 Å². The van der Waals surface area contributed by atoms with Crippen LogP contribution in [0.4, 0.5) is 0 Å². The van der Waals surface area contributed by atoms with Gasteiger partial charge in [0.1, 0.15) is 0 Å². The predicted molar refractivity (Wildman–Crippen MR) is 167 cm³/mol. The molecule has 0 aromatic heterocycles. The molecule has 0 bridgehead atoms. The number of unbranched alkanes of at least 4 members (excludes halogenated alkanes) is 1. The van der Waals surface area contributed by atoms with E-state index < -0.39 is 0 Å². The van der Waals surface area contributed by atoms with Crippen LogP contribution < -0.4 is 18.9 Å². The molecule has 5 rings (SSSR count). The quantitative estimate of drug-likeness (QED) is 0.268. The lowest BCUT2D eigenvalue weighted by molar-refractivity contribution is -0.0755. The van der Waals surface area contributed by atoms with Gasteiger partial charge in [0.2, 0.25) is 0 Å². The second-order valence-electron chi connectivity index (χ2n) is 12.1. The van der Waals surface area contributed by atoms with Gasteiger partial charge in [-0.15, -0.1) is 6.58 Å². The van der Waals surface area contributed by atoms with E-state index in [0.717, 1.165) is 94.1 Å². The Bertz CT molecular complexity index is 1250. The number of ether oxygens (including phenoxy) is 4. The summed E-state index contributed by atoms with van der Waals surface area (Å²) in [6.45, 7) is 10.5. The minimum Gasteiger partial charge on any atom is -0.493 e. The van der Waals surface area contributed by atoms with Crippen molar-refractivity contribution >= 4 is 0 Å². The summed E-state index contributed by atoms with van der Waals surface area (Å²) in [5.41, 5.74) is 5.19. The molecule has 7 nitrogen and oxygen atoms in total. The molecule has 1 saturated carbocycles. The van der Waals surface area contributed by atoms with Crippen molar-refractivity contribution in [2.24, 2.45) is 11.8 Å². The largest absolute Gasteiger partial charge is 0.493 e. The van der Waals surface area contributed by atoms with Crippen molar-refractivity contribution in [3.8, 4) is 23.0 Å². The van der Waals surface area contributed by atoms with Gasteiger partial charge in [-0.3, -0.25) is 9.80 Å². The monoisotopic (exact) mass is 578 g/mol. The zero-order valence-electron chi connectivity index (χ0n) is 26.3. The number of likely N-dealkylation sites (N-methyl/N-ethyl adjacent to an activating group) is 1. The lowest BCUT2D eigenvalue weighted by Gasteiger charge is -2.60. The highest BCUT2D eigenvalue weighted by Crippen LogP contribution is 2.58. The van der Waals surface area contributed by atoms with Gasteiger partial charge >= 0.3 is 0 Å². The van der Waals surface area contributed by atoms with Gasteiger partial charge in [-0.2, -0.15) is 0 Å². The van der Waals surface area contributed by atoms with Gasteiger partial charge in [-0.1, -0.05) is 13.0 Å². The average molecular weight is 579 g/mol. The van der Waals surface area contributed by atoms with E-state index in [1.807, 2.05) is 6.08 Å². The molecule has 42 heavy (non-hydrogen) atoms. The van der Waals surface area contributed by atoms with Gasteiger partial charge in [-0.05, 0) is 110 Å². The molecule has 2 aliphatic heterocycles. The Labute approximate surface area is 252 Å². The van der Waals surface area contributed by atoms with Crippen LogP contribution in [0.2, 0.25) is 0 Å². The third-order valence-corrected chi connectivity index (χ3v) is 10.3. The highest BCUT2D eigenvalue weighted by atomic mass is 16.5. The van der Waals surface area contributed by atoms with Crippen LogP contribution >= 0.6 is 0 Å². The highest BCUT2D eigenvalue weighted by molar-refractivity contribution is 5.53. The lowest BCUT2D eigenvalue weighted by atomic mass is 9.58. The van der Waals surface area contributed by atoms with Crippen molar-refractivity contribution in [2.45, 2.75) is 63.5 Å². The standard InChI is InChI=1S/C35H50N2O5/c1-7-9-10-15-37-17-13-26-20-31(40-4)33(42-6)22-28(26)35(37)14-11-24(23-38)18-29(35)34-27-21-32(41-5)30(39-3)19-25(27)12-16-36(34)8-2/h7,19-22,24,29,34,38H,1,8-18,23H2,2-6H3/t24-,29-,34?,35+/m1/s1. The first-order valence-electron chi connectivity index (χ1n) is 15.7. The Morgan fingerprint density at radius 2 is 1.57 bits per heavy atom. The number of rotatable bonds is 11. The van der Waals surface area contributed by atoms with E-state index in [4.69, 9.17) is 18.9 Å². The average Bonchev–Trinajstić information content (AvgIpc) is 3.04. The van der Waals surface area contributed by atoms with Crippen LogP contribution in [0.3, 0.4) is 0 Å². The Hall–Kier alpha value is -2.74. The van der Waals surface area contributed by atoms with E-state index in [-0.39, 0.29) is 30.0 Å². The third kappa shape index (κ3) is 5.29. The van der Waals surface area contributed by atoms with Crippen LogP contribution in [0.5, 0.6) is 23.0 Å². The first-order valence-corrected chi connectivity index (χ1v) is 15.7. The van der Waals surface area contributed by atoms with Gasteiger partial charge in [0.15, 0.2) is 23.0 Å². The maximum absolute atomic E-state index is 10.5. The molecule has 7 heteroatoms. The molecule has 0 radical (unpaired) electrons. The smallest absolute Gasteiger partial charge is 0.161 e.